The summed E-state index contributed by atoms with van der Waals surface area (Å²) in [5, 5.41) is 5.14. The molecule has 0 aliphatic carbocycles. The van der Waals surface area contributed by atoms with E-state index in [4.69, 9.17) is 15.3 Å². The van der Waals surface area contributed by atoms with Crippen molar-refractivity contribution >= 4 is 21.4 Å². The minimum absolute atomic E-state index is 0.00302. The lowest BCUT2D eigenvalue weighted by atomic mass is 10.2. The van der Waals surface area contributed by atoms with Crippen molar-refractivity contribution in [2.24, 2.45) is 5.14 Å². The highest BCUT2D eigenvalue weighted by Crippen LogP contribution is 2.24. The van der Waals surface area contributed by atoms with Gasteiger partial charge in [-0.25, -0.2) is 13.6 Å². The van der Waals surface area contributed by atoms with Crippen molar-refractivity contribution < 1.29 is 12.8 Å². The zero-order valence-electron chi connectivity index (χ0n) is 11.3. The van der Waals surface area contributed by atoms with Crippen LogP contribution in [0, 0.1) is 6.92 Å². The molecule has 2 aromatic rings. The second kappa shape index (κ2) is 5.18. The summed E-state index contributed by atoms with van der Waals surface area (Å²) >= 11 is 0. The molecule has 0 amide bonds. The average Bonchev–Trinajstić information content (AvgIpc) is 2.73. The van der Waals surface area contributed by atoms with Crippen molar-refractivity contribution in [2.45, 2.75) is 18.4 Å². The van der Waals surface area contributed by atoms with E-state index in [0.717, 1.165) is 11.3 Å². The largest absolute Gasteiger partial charge is 0.469 e. The van der Waals surface area contributed by atoms with Crippen molar-refractivity contribution in [3.63, 3.8) is 0 Å². The van der Waals surface area contributed by atoms with Crippen LogP contribution < -0.4 is 15.8 Å². The first-order valence-electron chi connectivity index (χ1n) is 5.95. The summed E-state index contributed by atoms with van der Waals surface area (Å²) in [6, 6.07) is 6.42. The summed E-state index contributed by atoms with van der Waals surface area (Å²) in [7, 11) is -1.94. The lowest BCUT2D eigenvalue weighted by molar-refractivity contribution is 0.529. The molecule has 1 heterocycles. The number of nitrogens with zero attached hydrogens (tertiary/aromatic N) is 1. The fourth-order valence-corrected chi connectivity index (χ4v) is 2.50. The van der Waals surface area contributed by atoms with Gasteiger partial charge in [0.05, 0.1) is 11.2 Å². The van der Waals surface area contributed by atoms with E-state index in [0.29, 0.717) is 17.9 Å². The van der Waals surface area contributed by atoms with Gasteiger partial charge in [0.15, 0.2) is 0 Å². The predicted molar refractivity (Wildman–Crippen MR) is 77.8 cm³/mol. The van der Waals surface area contributed by atoms with E-state index in [2.05, 4.69) is 0 Å². The SMILES string of the molecule is Cc1occc1CN(C)c1cc(N)cc(S(N)(=O)=O)c1. The van der Waals surface area contributed by atoms with Gasteiger partial charge in [0.2, 0.25) is 10.0 Å². The van der Waals surface area contributed by atoms with E-state index < -0.39 is 10.0 Å². The monoisotopic (exact) mass is 295 g/mol. The molecule has 0 fully saturated rings. The molecule has 0 spiro atoms. The van der Waals surface area contributed by atoms with Crippen molar-refractivity contribution in [1.82, 2.24) is 0 Å². The number of anilines is 2. The second-order valence-electron chi connectivity index (χ2n) is 4.66. The van der Waals surface area contributed by atoms with Gasteiger partial charge in [-0.1, -0.05) is 0 Å². The molecule has 0 radical (unpaired) electrons. The normalized spacial score (nSPS) is 11.6. The Labute approximate surface area is 118 Å². The molecule has 2 rings (SSSR count). The Morgan fingerprint density at radius 3 is 2.55 bits per heavy atom. The number of hydrogen-bond acceptors (Lipinski definition) is 5. The Balaban J connectivity index is 2.33. The Kier molecular flexibility index (Phi) is 3.74. The van der Waals surface area contributed by atoms with Gasteiger partial charge in [-0.05, 0) is 31.2 Å². The number of hydrogen-bond donors (Lipinski definition) is 2. The maximum atomic E-state index is 11.4. The van der Waals surface area contributed by atoms with Crippen LogP contribution in [-0.2, 0) is 16.6 Å². The predicted octanol–water partition coefficient (Wildman–Crippen LogP) is 1.45. The van der Waals surface area contributed by atoms with Crippen LogP contribution in [0.4, 0.5) is 11.4 Å². The smallest absolute Gasteiger partial charge is 0.238 e. The third-order valence-electron chi connectivity index (χ3n) is 3.06. The molecule has 1 aromatic heterocycles. The first kappa shape index (κ1) is 14.4. The topological polar surface area (TPSA) is 103 Å². The summed E-state index contributed by atoms with van der Waals surface area (Å²) in [5.41, 5.74) is 7.78. The molecule has 108 valence electrons. The number of furan rings is 1. The Morgan fingerprint density at radius 2 is 2.00 bits per heavy atom. The van der Waals surface area contributed by atoms with Crippen molar-refractivity contribution in [2.75, 3.05) is 17.7 Å². The van der Waals surface area contributed by atoms with Gasteiger partial charge in [-0.15, -0.1) is 0 Å². The fourth-order valence-electron chi connectivity index (χ4n) is 1.91. The number of nitrogens with two attached hydrogens (primary N) is 2. The molecule has 7 heteroatoms. The van der Waals surface area contributed by atoms with E-state index in [-0.39, 0.29) is 4.90 Å². The van der Waals surface area contributed by atoms with E-state index in [1.807, 2.05) is 24.9 Å². The highest BCUT2D eigenvalue weighted by molar-refractivity contribution is 7.89. The van der Waals surface area contributed by atoms with E-state index >= 15 is 0 Å². The van der Waals surface area contributed by atoms with Crippen LogP contribution in [0.2, 0.25) is 0 Å². The minimum Gasteiger partial charge on any atom is -0.469 e. The van der Waals surface area contributed by atoms with Gasteiger partial charge in [0.25, 0.3) is 0 Å². The maximum Gasteiger partial charge on any atom is 0.238 e. The number of nitrogen functional groups attached to an aromatic ring is 1. The van der Waals surface area contributed by atoms with Crippen LogP contribution in [0.25, 0.3) is 0 Å². The van der Waals surface area contributed by atoms with Crippen molar-refractivity contribution in [3.8, 4) is 0 Å². The van der Waals surface area contributed by atoms with Crippen LogP contribution in [0.3, 0.4) is 0 Å². The highest BCUT2D eigenvalue weighted by atomic mass is 32.2. The lowest BCUT2D eigenvalue weighted by Gasteiger charge is -2.20. The van der Waals surface area contributed by atoms with Gasteiger partial charge < -0.3 is 15.1 Å². The average molecular weight is 295 g/mol. The second-order valence-corrected chi connectivity index (χ2v) is 6.22. The van der Waals surface area contributed by atoms with E-state index in [1.54, 1.807) is 12.3 Å². The van der Waals surface area contributed by atoms with Gasteiger partial charge in [-0.2, -0.15) is 0 Å². The Hall–Kier alpha value is -1.99. The molecule has 6 nitrogen and oxygen atoms in total. The third kappa shape index (κ3) is 3.12. The summed E-state index contributed by atoms with van der Waals surface area (Å²) in [6.45, 7) is 2.45. The number of sulfonamides is 1. The quantitative estimate of drug-likeness (QED) is 0.831. The molecule has 4 N–H and O–H groups in total. The number of rotatable bonds is 4. The standard InChI is InChI=1S/C13H17N3O3S/c1-9-10(3-4-19-9)8-16(2)12-5-11(14)6-13(7-12)20(15,17)18/h3-7H,8,14H2,1-2H3,(H2,15,17,18). The molecule has 0 unspecified atom stereocenters. The van der Waals surface area contributed by atoms with Gasteiger partial charge in [0.1, 0.15) is 5.76 Å². The maximum absolute atomic E-state index is 11.4. The zero-order valence-corrected chi connectivity index (χ0v) is 12.1. The van der Waals surface area contributed by atoms with Gasteiger partial charge >= 0.3 is 0 Å². The molecule has 0 aliphatic heterocycles. The van der Waals surface area contributed by atoms with Crippen LogP contribution in [0.15, 0.2) is 39.8 Å². The molecule has 0 atom stereocenters. The molecule has 20 heavy (non-hydrogen) atoms. The molecule has 0 saturated carbocycles. The first-order valence-corrected chi connectivity index (χ1v) is 7.49. The zero-order chi connectivity index (χ0) is 14.9. The molecule has 0 saturated heterocycles. The summed E-state index contributed by atoms with van der Waals surface area (Å²) in [5.74, 6) is 0.826. The Bertz CT molecular complexity index is 722. The fraction of sp³-hybridized carbons (Fsp3) is 0.231. The highest BCUT2D eigenvalue weighted by Gasteiger charge is 2.13. The van der Waals surface area contributed by atoms with Crippen LogP contribution in [-0.4, -0.2) is 15.5 Å². The molecule has 0 aliphatic rings. The Morgan fingerprint density at radius 1 is 1.30 bits per heavy atom. The van der Waals surface area contributed by atoms with Gasteiger partial charge in [-0.3, -0.25) is 0 Å². The molecule has 1 aromatic carbocycles. The molecular formula is C13H17N3O3S. The molecule has 0 bridgehead atoms. The summed E-state index contributed by atoms with van der Waals surface area (Å²) < 4.78 is 28.1. The third-order valence-corrected chi connectivity index (χ3v) is 3.95. The number of aryl methyl sites for hydroxylation is 1. The first-order chi connectivity index (χ1) is 9.27. The number of primary sulfonamides is 1. The summed E-state index contributed by atoms with van der Waals surface area (Å²) in [4.78, 5) is 1.88. The number of benzene rings is 1. The van der Waals surface area contributed by atoms with Crippen LogP contribution >= 0.6 is 0 Å². The lowest BCUT2D eigenvalue weighted by Crippen LogP contribution is -2.18. The van der Waals surface area contributed by atoms with E-state index in [1.165, 1.54) is 12.1 Å². The van der Waals surface area contributed by atoms with Crippen molar-refractivity contribution in [3.05, 3.63) is 41.9 Å². The van der Waals surface area contributed by atoms with Crippen LogP contribution in [0.1, 0.15) is 11.3 Å². The van der Waals surface area contributed by atoms with Crippen LogP contribution in [0.5, 0.6) is 0 Å². The minimum atomic E-state index is -3.78. The van der Waals surface area contributed by atoms with Crippen molar-refractivity contribution in [1.29, 1.82) is 0 Å². The van der Waals surface area contributed by atoms with E-state index in [9.17, 15) is 8.42 Å². The summed E-state index contributed by atoms with van der Waals surface area (Å²) in [6.07, 6.45) is 1.62. The molecular weight excluding hydrogens is 278 g/mol. The van der Waals surface area contributed by atoms with Gasteiger partial charge in [0, 0.05) is 30.5 Å².